The van der Waals surface area contributed by atoms with Crippen molar-refractivity contribution in [2.45, 2.75) is 27.2 Å². The molecule has 1 amide bonds. The molecule has 0 unspecified atom stereocenters. The molecule has 1 heterocycles. The number of rotatable bonds is 10. The molecule has 8 nitrogen and oxygen atoms in total. The average Bonchev–Trinajstić information content (AvgIpc) is 3.18. The number of ether oxygens (including phenoxy) is 3. The van der Waals surface area contributed by atoms with E-state index in [0.29, 0.717) is 54.9 Å². The van der Waals surface area contributed by atoms with Crippen molar-refractivity contribution in [2.75, 3.05) is 25.1 Å². The van der Waals surface area contributed by atoms with E-state index in [9.17, 15) is 4.79 Å². The van der Waals surface area contributed by atoms with E-state index in [1.165, 1.54) is 0 Å². The van der Waals surface area contributed by atoms with Crippen LogP contribution in [-0.4, -0.2) is 35.9 Å². The Balaban J connectivity index is 1.79. The van der Waals surface area contributed by atoms with E-state index in [1.54, 1.807) is 12.1 Å². The lowest BCUT2D eigenvalue weighted by molar-refractivity contribution is 0.102. The fourth-order valence-electron chi connectivity index (χ4n) is 2.84. The largest absolute Gasteiger partial charge is 0.490 e. The molecule has 1 N–H and O–H groups in total. The van der Waals surface area contributed by atoms with Gasteiger partial charge in [0, 0.05) is 5.56 Å². The summed E-state index contributed by atoms with van der Waals surface area (Å²) in [6.45, 7) is 6.87. The fourth-order valence-corrected chi connectivity index (χ4v) is 2.84. The zero-order valence-electron chi connectivity index (χ0n) is 17.3. The highest BCUT2D eigenvalue weighted by atomic mass is 16.5. The van der Waals surface area contributed by atoms with Crippen LogP contribution in [0.25, 0.3) is 0 Å². The lowest BCUT2D eigenvalue weighted by Crippen LogP contribution is -2.13. The Bertz CT molecular complexity index is 945. The Morgan fingerprint density at radius 2 is 1.57 bits per heavy atom. The molecule has 0 bridgehead atoms. The van der Waals surface area contributed by atoms with Crippen LogP contribution in [0.3, 0.4) is 0 Å². The average molecular weight is 411 g/mol. The third-order valence-corrected chi connectivity index (χ3v) is 4.06. The molecular weight excluding hydrogens is 386 g/mol. The zero-order valence-corrected chi connectivity index (χ0v) is 17.3. The molecule has 0 spiro atoms. The van der Waals surface area contributed by atoms with Crippen LogP contribution >= 0.6 is 0 Å². The maximum Gasteiger partial charge on any atom is 0.322 e. The van der Waals surface area contributed by atoms with Crippen molar-refractivity contribution in [1.29, 1.82) is 0 Å². The highest BCUT2D eigenvalue weighted by molar-refractivity contribution is 6.04. The summed E-state index contributed by atoms with van der Waals surface area (Å²) in [5.41, 5.74) is 1.36. The molecule has 0 saturated heterocycles. The van der Waals surface area contributed by atoms with Gasteiger partial charge < -0.3 is 18.6 Å². The van der Waals surface area contributed by atoms with Crippen LogP contribution in [0.5, 0.6) is 17.2 Å². The molecule has 0 aliphatic rings. The minimum absolute atomic E-state index is 0.0238. The third kappa shape index (κ3) is 5.28. The minimum Gasteiger partial charge on any atom is -0.490 e. The minimum atomic E-state index is -0.421. The smallest absolute Gasteiger partial charge is 0.322 e. The van der Waals surface area contributed by atoms with Crippen LogP contribution in [-0.2, 0) is 6.42 Å². The monoisotopic (exact) mass is 411 g/mol. The number of hydrogen-bond acceptors (Lipinski definition) is 7. The van der Waals surface area contributed by atoms with Gasteiger partial charge in [0.05, 0.1) is 26.2 Å². The van der Waals surface area contributed by atoms with Crippen LogP contribution in [0.2, 0.25) is 0 Å². The molecule has 0 radical (unpaired) electrons. The number of anilines is 1. The van der Waals surface area contributed by atoms with Crippen LogP contribution in [0.4, 0.5) is 6.01 Å². The molecule has 2 aromatic carbocycles. The van der Waals surface area contributed by atoms with E-state index in [2.05, 4.69) is 15.5 Å². The molecule has 0 saturated carbocycles. The number of carbonyl (C=O) groups excluding carboxylic acids is 1. The van der Waals surface area contributed by atoms with E-state index >= 15 is 0 Å². The highest BCUT2D eigenvalue weighted by Gasteiger charge is 2.20. The summed E-state index contributed by atoms with van der Waals surface area (Å²) in [5.74, 6) is 1.33. The summed E-state index contributed by atoms with van der Waals surface area (Å²) < 4.78 is 22.5. The first-order valence-corrected chi connectivity index (χ1v) is 9.88. The topological polar surface area (TPSA) is 95.7 Å². The van der Waals surface area contributed by atoms with Crippen molar-refractivity contribution < 1.29 is 23.4 Å². The van der Waals surface area contributed by atoms with Crippen LogP contribution < -0.4 is 19.5 Å². The molecule has 1 aromatic heterocycles. The van der Waals surface area contributed by atoms with Crippen LogP contribution in [0, 0.1) is 0 Å². The van der Waals surface area contributed by atoms with Crippen molar-refractivity contribution in [3.05, 3.63) is 59.5 Å². The number of nitrogens with zero attached hydrogens (tertiary/aromatic N) is 2. The first kappa shape index (κ1) is 21.2. The lowest BCUT2D eigenvalue weighted by atomic mass is 10.1. The standard InChI is InChI=1S/C22H25N3O5/c1-4-27-17-13-16(14-18(28-5-2)20(17)29-6-3)21(26)23-22-25-24-19(30-22)12-15-10-8-7-9-11-15/h7-11,13-14H,4-6,12H2,1-3H3,(H,23,25,26). The summed E-state index contributed by atoms with van der Waals surface area (Å²) >= 11 is 0. The summed E-state index contributed by atoms with van der Waals surface area (Å²) in [6.07, 6.45) is 0.482. The van der Waals surface area contributed by atoms with Gasteiger partial charge in [0.1, 0.15) is 0 Å². The van der Waals surface area contributed by atoms with E-state index in [4.69, 9.17) is 18.6 Å². The maximum absolute atomic E-state index is 12.8. The van der Waals surface area contributed by atoms with Gasteiger partial charge in [0.2, 0.25) is 11.6 Å². The molecule has 0 aliphatic heterocycles. The maximum atomic E-state index is 12.8. The molecule has 0 fully saturated rings. The van der Waals surface area contributed by atoms with Gasteiger partial charge >= 0.3 is 6.01 Å². The Morgan fingerprint density at radius 3 is 2.17 bits per heavy atom. The first-order chi connectivity index (χ1) is 14.6. The predicted molar refractivity (Wildman–Crippen MR) is 111 cm³/mol. The summed E-state index contributed by atoms with van der Waals surface area (Å²) in [5, 5.41) is 10.5. The molecule has 30 heavy (non-hydrogen) atoms. The fraction of sp³-hybridized carbons (Fsp3) is 0.318. The molecular formula is C22H25N3O5. The van der Waals surface area contributed by atoms with Crippen molar-refractivity contribution in [3.63, 3.8) is 0 Å². The van der Waals surface area contributed by atoms with Gasteiger partial charge in [-0.15, -0.1) is 5.10 Å². The second-order valence-corrected chi connectivity index (χ2v) is 6.22. The number of amides is 1. The predicted octanol–water partition coefficient (Wildman–Crippen LogP) is 4.11. The van der Waals surface area contributed by atoms with E-state index < -0.39 is 5.91 Å². The van der Waals surface area contributed by atoms with Crippen molar-refractivity contribution >= 4 is 11.9 Å². The van der Waals surface area contributed by atoms with Gasteiger partial charge in [0.25, 0.3) is 5.91 Å². The van der Waals surface area contributed by atoms with Gasteiger partial charge in [-0.2, -0.15) is 0 Å². The van der Waals surface area contributed by atoms with Gasteiger partial charge in [-0.3, -0.25) is 10.1 Å². The second kappa shape index (κ2) is 10.3. The normalized spacial score (nSPS) is 10.5. The Kier molecular flexibility index (Phi) is 7.26. The number of hydrogen-bond donors (Lipinski definition) is 1. The first-order valence-electron chi connectivity index (χ1n) is 9.88. The lowest BCUT2D eigenvalue weighted by Gasteiger charge is -2.16. The molecule has 8 heteroatoms. The number of carbonyl (C=O) groups is 1. The number of nitrogens with one attached hydrogen (secondary N) is 1. The SMILES string of the molecule is CCOc1cc(C(=O)Nc2nnc(Cc3ccccc3)o2)cc(OCC)c1OCC. The highest BCUT2D eigenvalue weighted by Crippen LogP contribution is 2.39. The van der Waals surface area contributed by atoms with Crippen LogP contribution in [0.15, 0.2) is 46.9 Å². The van der Waals surface area contributed by atoms with Gasteiger partial charge in [-0.05, 0) is 38.5 Å². The van der Waals surface area contributed by atoms with Crippen molar-refractivity contribution in [2.24, 2.45) is 0 Å². The Morgan fingerprint density at radius 1 is 0.933 bits per heavy atom. The quantitative estimate of drug-likeness (QED) is 0.536. The number of benzene rings is 2. The molecule has 0 atom stereocenters. The van der Waals surface area contributed by atoms with Gasteiger partial charge in [0.15, 0.2) is 11.5 Å². The molecule has 3 rings (SSSR count). The summed E-state index contributed by atoms with van der Waals surface area (Å²) in [4.78, 5) is 12.8. The van der Waals surface area contributed by atoms with Gasteiger partial charge in [-0.25, -0.2) is 0 Å². The van der Waals surface area contributed by atoms with Crippen molar-refractivity contribution in [3.8, 4) is 17.2 Å². The molecule has 3 aromatic rings. The van der Waals surface area contributed by atoms with Crippen molar-refractivity contribution in [1.82, 2.24) is 10.2 Å². The van der Waals surface area contributed by atoms with E-state index in [0.717, 1.165) is 5.56 Å². The Labute approximate surface area is 175 Å². The molecule has 0 aliphatic carbocycles. The van der Waals surface area contributed by atoms with Gasteiger partial charge in [-0.1, -0.05) is 35.4 Å². The summed E-state index contributed by atoms with van der Waals surface area (Å²) in [7, 11) is 0. The number of aromatic nitrogens is 2. The zero-order chi connectivity index (χ0) is 21.3. The molecule has 158 valence electrons. The van der Waals surface area contributed by atoms with E-state index in [1.807, 2.05) is 51.1 Å². The van der Waals surface area contributed by atoms with E-state index in [-0.39, 0.29) is 6.01 Å². The third-order valence-electron chi connectivity index (χ3n) is 4.06. The van der Waals surface area contributed by atoms with Crippen LogP contribution in [0.1, 0.15) is 42.6 Å². The summed E-state index contributed by atoms with van der Waals surface area (Å²) in [6, 6.07) is 13.0. The Hall–Kier alpha value is -3.55. The second-order valence-electron chi connectivity index (χ2n) is 6.22.